The van der Waals surface area contributed by atoms with E-state index in [0.717, 1.165) is 11.3 Å². The summed E-state index contributed by atoms with van der Waals surface area (Å²) < 4.78 is 0. The van der Waals surface area contributed by atoms with Crippen molar-refractivity contribution in [3.8, 4) is 11.3 Å². The zero-order valence-corrected chi connectivity index (χ0v) is 13.7. The zero-order valence-electron chi connectivity index (χ0n) is 12.7. The van der Waals surface area contributed by atoms with E-state index in [0.29, 0.717) is 12.2 Å². The first-order chi connectivity index (χ1) is 9.46. The third kappa shape index (κ3) is 5.46. The zero-order chi connectivity index (χ0) is 14.6. The van der Waals surface area contributed by atoms with Gasteiger partial charge in [0, 0.05) is 30.0 Å². The Balaban J connectivity index is 0.00000220. The van der Waals surface area contributed by atoms with Gasteiger partial charge in [-0.25, -0.2) is 0 Å². The topological polar surface area (TPSA) is 58.0 Å². The van der Waals surface area contributed by atoms with Gasteiger partial charge in [0.1, 0.15) is 6.10 Å². The van der Waals surface area contributed by atoms with Gasteiger partial charge in [0.05, 0.1) is 11.4 Å². The van der Waals surface area contributed by atoms with Crippen LogP contribution in [0.5, 0.6) is 0 Å². The van der Waals surface area contributed by atoms with E-state index in [1.807, 2.05) is 30.3 Å². The molecular formula is C16H23N3OS. The lowest BCUT2D eigenvalue weighted by Gasteiger charge is -2.22. The van der Waals surface area contributed by atoms with Crippen LogP contribution in [0.2, 0.25) is 0 Å². The molecule has 4 nitrogen and oxygen atoms in total. The molecule has 0 saturated heterocycles. The Labute approximate surface area is 133 Å². The summed E-state index contributed by atoms with van der Waals surface area (Å²) in [5.41, 5.74) is 2.50. The van der Waals surface area contributed by atoms with Crippen LogP contribution < -0.4 is 5.32 Å². The van der Waals surface area contributed by atoms with Gasteiger partial charge in [0.25, 0.3) is 0 Å². The van der Waals surface area contributed by atoms with Gasteiger partial charge in [-0.3, -0.25) is 9.97 Å². The van der Waals surface area contributed by atoms with Gasteiger partial charge in [-0.05, 0) is 45.0 Å². The second-order valence-electron chi connectivity index (χ2n) is 5.83. The van der Waals surface area contributed by atoms with Crippen LogP contribution >= 0.6 is 13.5 Å². The fourth-order valence-corrected chi connectivity index (χ4v) is 1.83. The molecule has 0 aliphatic carbocycles. The van der Waals surface area contributed by atoms with E-state index in [-0.39, 0.29) is 19.0 Å². The number of nitrogens with one attached hydrogen (secondary N) is 1. The molecule has 2 heterocycles. The Bertz CT molecular complexity index is 555. The van der Waals surface area contributed by atoms with Crippen LogP contribution in [0.15, 0.2) is 42.7 Å². The minimum atomic E-state index is -0.615. The molecule has 5 heteroatoms. The summed E-state index contributed by atoms with van der Waals surface area (Å²) in [5.74, 6) is 0. The third-order valence-corrected chi connectivity index (χ3v) is 2.91. The monoisotopic (exact) mass is 305 g/mol. The lowest BCUT2D eigenvalue weighted by atomic mass is 10.1. The Hall–Kier alpha value is -1.43. The van der Waals surface area contributed by atoms with E-state index in [1.54, 1.807) is 12.4 Å². The molecule has 2 aromatic heterocycles. The first-order valence-electron chi connectivity index (χ1n) is 6.76. The number of aliphatic hydroxyl groups excluding tert-OH is 1. The Morgan fingerprint density at radius 2 is 1.81 bits per heavy atom. The molecule has 0 amide bonds. The molecule has 2 N–H and O–H groups in total. The molecule has 0 aliphatic rings. The minimum absolute atomic E-state index is 0. The standard InChI is InChI=1S/C16H21N3O.H2S/c1-16(2,3)18-11-15(20)14-6-4-5-13(19-14)12-7-9-17-10-8-12;/h4-10,15,18,20H,11H2,1-3H3;1H2/t15-;/m0./s1. The van der Waals surface area contributed by atoms with Gasteiger partial charge in [0.2, 0.25) is 0 Å². The molecule has 0 radical (unpaired) electrons. The average molecular weight is 305 g/mol. The van der Waals surface area contributed by atoms with Crippen molar-refractivity contribution in [2.75, 3.05) is 6.54 Å². The number of β-amino-alcohol motifs (C(OH)–C–C–N with tert-alkyl or cyclic N) is 1. The van der Waals surface area contributed by atoms with E-state index < -0.39 is 6.10 Å². The molecule has 0 unspecified atom stereocenters. The highest BCUT2D eigenvalue weighted by Crippen LogP contribution is 2.18. The summed E-state index contributed by atoms with van der Waals surface area (Å²) in [5, 5.41) is 13.5. The molecule has 0 aliphatic heterocycles. The smallest absolute Gasteiger partial charge is 0.108 e. The summed E-state index contributed by atoms with van der Waals surface area (Å²) >= 11 is 0. The lowest BCUT2D eigenvalue weighted by Crippen LogP contribution is -2.38. The number of aromatic nitrogens is 2. The third-order valence-electron chi connectivity index (χ3n) is 2.91. The van der Waals surface area contributed by atoms with Crippen LogP contribution in [-0.2, 0) is 0 Å². The number of nitrogens with zero attached hydrogens (tertiary/aromatic N) is 2. The van der Waals surface area contributed by atoms with Crippen molar-refractivity contribution >= 4 is 13.5 Å². The van der Waals surface area contributed by atoms with Crippen molar-refractivity contribution in [1.29, 1.82) is 0 Å². The maximum atomic E-state index is 10.2. The number of rotatable bonds is 4. The average Bonchev–Trinajstić information content (AvgIpc) is 2.45. The first-order valence-corrected chi connectivity index (χ1v) is 6.76. The van der Waals surface area contributed by atoms with Gasteiger partial charge in [0.15, 0.2) is 0 Å². The van der Waals surface area contributed by atoms with Crippen LogP contribution in [0.3, 0.4) is 0 Å². The number of aliphatic hydroxyl groups is 1. The van der Waals surface area contributed by atoms with Gasteiger partial charge in [-0.1, -0.05) is 6.07 Å². The van der Waals surface area contributed by atoms with E-state index in [9.17, 15) is 5.11 Å². The second-order valence-corrected chi connectivity index (χ2v) is 5.83. The maximum absolute atomic E-state index is 10.2. The van der Waals surface area contributed by atoms with Crippen LogP contribution in [-0.4, -0.2) is 27.2 Å². The predicted octanol–water partition coefficient (Wildman–Crippen LogP) is 2.68. The molecule has 114 valence electrons. The summed E-state index contributed by atoms with van der Waals surface area (Å²) in [6.07, 6.45) is 2.86. The van der Waals surface area contributed by atoms with Gasteiger partial charge < -0.3 is 10.4 Å². The number of hydrogen-bond donors (Lipinski definition) is 2. The largest absolute Gasteiger partial charge is 0.385 e. The van der Waals surface area contributed by atoms with Gasteiger partial charge in [-0.15, -0.1) is 0 Å². The van der Waals surface area contributed by atoms with Crippen LogP contribution in [0, 0.1) is 0 Å². The molecule has 0 spiro atoms. The van der Waals surface area contributed by atoms with E-state index in [4.69, 9.17) is 0 Å². The minimum Gasteiger partial charge on any atom is -0.385 e. The molecule has 0 bridgehead atoms. The maximum Gasteiger partial charge on any atom is 0.108 e. The first kappa shape index (κ1) is 17.6. The normalized spacial score (nSPS) is 12.6. The number of pyridine rings is 2. The summed E-state index contributed by atoms with van der Waals surface area (Å²) in [6, 6.07) is 9.51. The molecule has 0 fully saturated rings. The van der Waals surface area contributed by atoms with Crippen molar-refractivity contribution < 1.29 is 5.11 Å². The lowest BCUT2D eigenvalue weighted by molar-refractivity contribution is 0.159. The fourth-order valence-electron chi connectivity index (χ4n) is 1.83. The van der Waals surface area contributed by atoms with Gasteiger partial charge >= 0.3 is 0 Å². The van der Waals surface area contributed by atoms with Crippen molar-refractivity contribution in [2.24, 2.45) is 0 Å². The summed E-state index contributed by atoms with van der Waals surface area (Å²) in [6.45, 7) is 6.69. The second kappa shape index (κ2) is 7.54. The highest BCUT2D eigenvalue weighted by Gasteiger charge is 2.15. The Morgan fingerprint density at radius 3 is 2.43 bits per heavy atom. The molecule has 2 rings (SSSR count). The molecule has 1 atom stereocenters. The van der Waals surface area contributed by atoms with Gasteiger partial charge in [-0.2, -0.15) is 13.5 Å². The fraction of sp³-hybridized carbons (Fsp3) is 0.375. The SMILES string of the molecule is CC(C)(C)NC[C@H](O)c1cccc(-c2ccncc2)n1.S. The van der Waals surface area contributed by atoms with Crippen LogP contribution in [0.1, 0.15) is 32.6 Å². The van der Waals surface area contributed by atoms with Crippen molar-refractivity contribution in [3.63, 3.8) is 0 Å². The highest BCUT2D eigenvalue weighted by molar-refractivity contribution is 7.59. The van der Waals surface area contributed by atoms with E-state index in [2.05, 4.69) is 36.1 Å². The number of hydrogen-bond acceptors (Lipinski definition) is 4. The van der Waals surface area contributed by atoms with E-state index >= 15 is 0 Å². The summed E-state index contributed by atoms with van der Waals surface area (Å²) in [7, 11) is 0. The Morgan fingerprint density at radius 1 is 1.14 bits per heavy atom. The molecule has 2 aromatic rings. The predicted molar refractivity (Wildman–Crippen MR) is 90.6 cm³/mol. The molecular weight excluding hydrogens is 282 g/mol. The van der Waals surface area contributed by atoms with Crippen molar-refractivity contribution in [1.82, 2.24) is 15.3 Å². The quantitative estimate of drug-likeness (QED) is 0.912. The highest BCUT2D eigenvalue weighted by atomic mass is 32.1. The summed E-state index contributed by atoms with van der Waals surface area (Å²) in [4.78, 5) is 8.52. The Kier molecular flexibility index (Phi) is 6.33. The van der Waals surface area contributed by atoms with Crippen molar-refractivity contribution in [3.05, 3.63) is 48.4 Å². The molecule has 21 heavy (non-hydrogen) atoms. The van der Waals surface area contributed by atoms with Crippen molar-refractivity contribution in [2.45, 2.75) is 32.4 Å². The molecule has 0 aromatic carbocycles. The van der Waals surface area contributed by atoms with Crippen LogP contribution in [0.25, 0.3) is 11.3 Å². The van der Waals surface area contributed by atoms with Crippen LogP contribution in [0.4, 0.5) is 0 Å². The van der Waals surface area contributed by atoms with E-state index in [1.165, 1.54) is 0 Å². The molecule has 0 saturated carbocycles.